The lowest BCUT2D eigenvalue weighted by Gasteiger charge is -2.34. The summed E-state index contributed by atoms with van der Waals surface area (Å²) in [5.41, 5.74) is -0.282. The molecule has 27 heavy (non-hydrogen) atoms. The summed E-state index contributed by atoms with van der Waals surface area (Å²) in [6, 6.07) is 2.10. The van der Waals surface area contributed by atoms with Crippen molar-refractivity contribution in [1.29, 1.82) is 0 Å². The fourth-order valence-corrected chi connectivity index (χ4v) is 5.99. The first-order valence-corrected chi connectivity index (χ1v) is 11.0. The lowest BCUT2D eigenvalue weighted by Crippen LogP contribution is -2.42. The highest BCUT2D eigenvalue weighted by molar-refractivity contribution is 7.89. The monoisotopic (exact) mass is 398 g/mol. The number of benzene rings is 1. The van der Waals surface area contributed by atoms with E-state index in [-0.39, 0.29) is 28.0 Å². The van der Waals surface area contributed by atoms with Crippen molar-refractivity contribution in [1.82, 2.24) is 4.31 Å². The van der Waals surface area contributed by atoms with Crippen molar-refractivity contribution in [2.24, 2.45) is 11.8 Å². The van der Waals surface area contributed by atoms with Crippen LogP contribution in [0, 0.1) is 17.7 Å². The quantitative estimate of drug-likeness (QED) is 0.843. The maximum absolute atomic E-state index is 14.9. The molecule has 0 aromatic heterocycles. The summed E-state index contributed by atoms with van der Waals surface area (Å²) in [5.74, 6) is -1.68. The summed E-state index contributed by atoms with van der Waals surface area (Å²) >= 11 is 0. The summed E-state index contributed by atoms with van der Waals surface area (Å²) in [7, 11) is -3.94. The van der Waals surface area contributed by atoms with Gasteiger partial charge in [0.1, 0.15) is 5.82 Å². The van der Waals surface area contributed by atoms with Crippen LogP contribution in [0.25, 0.3) is 0 Å². The molecule has 2 aliphatic heterocycles. The lowest BCUT2D eigenvalue weighted by molar-refractivity contribution is 0.0696. The first-order valence-electron chi connectivity index (χ1n) is 9.52. The molecule has 1 aromatic rings. The van der Waals surface area contributed by atoms with Crippen molar-refractivity contribution in [2.45, 2.75) is 44.4 Å². The average molecular weight is 399 g/mol. The molecule has 3 rings (SSSR count). The summed E-state index contributed by atoms with van der Waals surface area (Å²) < 4.78 is 42.4. The summed E-state index contributed by atoms with van der Waals surface area (Å²) in [5, 5.41) is 9.60. The van der Waals surface area contributed by atoms with E-state index in [1.807, 2.05) is 13.8 Å². The number of hydrogen-bond acceptors (Lipinski definition) is 4. The van der Waals surface area contributed by atoms with Crippen LogP contribution in [-0.2, 0) is 10.0 Å². The van der Waals surface area contributed by atoms with Gasteiger partial charge < -0.3 is 10.0 Å². The van der Waals surface area contributed by atoms with Crippen LogP contribution in [0.2, 0.25) is 0 Å². The van der Waals surface area contributed by atoms with Crippen LogP contribution in [0.1, 0.15) is 49.9 Å². The van der Waals surface area contributed by atoms with Crippen LogP contribution < -0.4 is 4.90 Å². The minimum Gasteiger partial charge on any atom is -0.478 e. The summed E-state index contributed by atoms with van der Waals surface area (Å²) in [6.45, 7) is 5.85. The highest BCUT2D eigenvalue weighted by atomic mass is 32.2. The van der Waals surface area contributed by atoms with Crippen molar-refractivity contribution in [3.63, 3.8) is 0 Å². The predicted octanol–water partition coefficient (Wildman–Crippen LogP) is 3.18. The van der Waals surface area contributed by atoms with E-state index in [1.165, 1.54) is 4.31 Å². The topological polar surface area (TPSA) is 77.9 Å². The third-order valence-electron chi connectivity index (χ3n) is 5.41. The Balaban J connectivity index is 2.02. The Morgan fingerprint density at radius 2 is 1.70 bits per heavy atom. The molecule has 0 spiro atoms. The second kappa shape index (κ2) is 7.75. The standard InChI is InChI=1S/C19H27FN2O4S/c1-13-8-14(2)12-22(11-13)27(25,26)15-9-16(19(23)24)18(17(20)10-15)21-6-4-3-5-7-21/h9-10,13-14H,3-8,11-12H2,1-2H3,(H,23,24). The van der Waals surface area contributed by atoms with Crippen molar-refractivity contribution >= 4 is 21.7 Å². The van der Waals surface area contributed by atoms with Crippen molar-refractivity contribution in [2.75, 3.05) is 31.1 Å². The largest absolute Gasteiger partial charge is 0.478 e. The first kappa shape index (κ1) is 20.1. The number of carboxylic acid groups (broad SMARTS) is 1. The van der Waals surface area contributed by atoms with E-state index in [4.69, 9.17) is 0 Å². The number of sulfonamides is 1. The van der Waals surface area contributed by atoms with Gasteiger partial charge in [-0.3, -0.25) is 0 Å². The second-order valence-electron chi connectivity index (χ2n) is 7.92. The smallest absolute Gasteiger partial charge is 0.337 e. The van der Waals surface area contributed by atoms with E-state index in [2.05, 4.69) is 0 Å². The zero-order valence-corrected chi connectivity index (χ0v) is 16.6. The molecular formula is C19H27FN2O4S. The average Bonchev–Trinajstić information content (AvgIpc) is 2.60. The number of piperidine rings is 2. The zero-order valence-electron chi connectivity index (χ0n) is 15.8. The van der Waals surface area contributed by atoms with Crippen molar-refractivity contribution in [3.8, 4) is 0 Å². The van der Waals surface area contributed by atoms with Gasteiger partial charge in [0, 0.05) is 26.2 Å². The molecule has 2 atom stereocenters. The molecule has 2 aliphatic rings. The van der Waals surface area contributed by atoms with Gasteiger partial charge in [0.05, 0.1) is 16.1 Å². The molecule has 0 bridgehead atoms. The molecule has 0 radical (unpaired) electrons. The molecule has 2 heterocycles. The Morgan fingerprint density at radius 3 is 2.26 bits per heavy atom. The molecule has 1 aromatic carbocycles. The molecular weight excluding hydrogens is 371 g/mol. The van der Waals surface area contributed by atoms with E-state index in [0.29, 0.717) is 26.2 Å². The van der Waals surface area contributed by atoms with Crippen LogP contribution in [-0.4, -0.2) is 50.0 Å². The lowest BCUT2D eigenvalue weighted by atomic mass is 9.94. The van der Waals surface area contributed by atoms with E-state index in [9.17, 15) is 22.7 Å². The fraction of sp³-hybridized carbons (Fsp3) is 0.632. The van der Waals surface area contributed by atoms with Gasteiger partial charge in [0.15, 0.2) is 0 Å². The van der Waals surface area contributed by atoms with Gasteiger partial charge in [-0.25, -0.2) is 17.6 Å². The van der Waals surface area contributed by atoms with Gasteiger partial charge in [-0.1, -0.05) is 13.8 Å². The Kier molecular flexibility index (Phi) is 5.76. The molecule has 6 nitrogen and oxygen atoms in total. The zero-order chi connectivity index (χ0) is 19.8. The summed E-state index contributed by atoms with van der Waals surface area (Å²) in [6.07, 6.45) is 3.69. The SMILES string of the molecule is CC1CC(C)CN(S(=O)(=O)c2cc(F)c(N3CCCCC3)c(C(=O)O)c2)C1. The molecule has 0 aliphatic carbocycles. The van der Waals surface area contributed by atoms with Gasteiger partial charge in [-0.2, -0.15) is 4.31 Å². The second-order valence-corrected chi connectivity index (χ2v) is 9.86. The number of nitrogens with zero attached hydrogens (tertiary/aromatic N) is 2. The first-order chi connectivity index (χ1) is 12.7. The number of rotatable bonds is 4. The Labute approximate surface area is 160 Å². The molecule has 1 N–H and O–H groups in total. The van der Waals surface area contributed by atoms with Crippen LogP contribution in [0.5, 0.6) is 0 Å². The highest BCUT2D eigenvalue weighted by Gasteiger charge is 2.34. The minimum absolute atomic E-state index is 0.00142. The number of hydrogen-bond donors (Lipinski definition) is 1. The van der Waals surface area contributed by atoms with E-state index in [0.717, 1.165) is 37.8 Å². The molecule has 2 fully saturated rings. The maximum atomic E-state index is 14.9. The van der Waals surface area contributed by atoms with E-state index >= 15 is 0 Å². The molecule has 2 saturated heterocycles. The predicted molar refractivity (Wildman–Crippen MR) is 101 cm³/mol. The van der Waals surface area contributed by atoms with Gasteiger partial charge in [-0.05, 0) is 49.7 Å². The van der Waals surface area contributed by atoms with Crippen LogP contribution in [0.4, 0.5) is 10.1 Å². The van der Waals surface area contributed by atoms with Gasteiger partial charge >= 0.3 is 5.97 Å². The molecule has 0 amide bonds. The van der Waals surface area contributed by atoms with Crippen LogP contribution in [0.3, 0.4) is 0 Å². The maximum Gasteiger partial charge on any atom is 0.337 e. The number of carboxylic acids is 1. The van der Waals surface area contributed by atoms with E-state index < -0.39 is 21.8 Å². The van der Waals surface area contributed by atoms with Crippen LogP contribution in [0.15, 0.2) is 17.0 Å². The highest BCUT2D eigenvalue weighted by Crippen LogP contribution is 2.33. The number of anilines is 1. The normalized spacial score (nSPS) is 24.8. The van der Waals surface area contributed by atoms with Crippen molar-refractivity contribution < 1.29 is 22.7 Å². The third-order valence-corrected chi connectivity index (χ3v) is 7.22. The fourth-order valence-electron chi connectivity index (χ4n) is 4.28. The molecule has 2 unspecified atom stereocenters. The Bertz CT molecular complexity index is 811. The minimum atomic E-state index is -3.94. The van der Waals surface area contributed by atoms with Gasteiger partial charge in [0.2, 0.25) is 10.0 Å². The van der Waals surface area contributed by atoms with Gasteiger partial charge in [0.25, 0.3) is 0 Å². The molecule has 8 heteroatoms. The van der Waals surface area contributed by atoms with Crippen LogP contribution >= 0.6 is 0 Å². The number of carbonyl (C=O) groups is 1. The molecule has 0 saturated carbocycles. The van der Waals surface area contributed by atoms with Gasteiger partial charge in [-0.15, -0.1) is 0 Å². The Morgan fingerprint density at radius 1 is 1.11 bits per heavy atom. The van der Waals surface area contributed by atoms with Crippen molar-refractivity contribution in [3.05, 3.63) is 23.5 Å². The van der Waals surface area contributed by atoms with E-state index in [1.54, 1.807) is 4.90 Å². The third kappa shape index (κ3) is 4.11. The molecule has 150 valence electrons. The summed E-state index contributed by atoms with van der Waals surface area (Å²) in [4.78, 5) is 13.2. The number of halogens is 1. The Hall–Kier alpha value is -1.67. The number of aromatic carboxylic acids is 1.